The fourth-order valence-corrected chi connectivity index (χ4v) is 3.88. The van der Waals surface area contributed by atoms with Crippen molar-refractivity contribution in [2.75, 3.05) is 7.11 Å². The van der Waals surface area contributed by atoms with Gasteiger partial charge in [-0.25, -0.2) is 0 Å². The lowest BCUT2D eigenvalue weighted by Gasteiger charge is -2.40. The third kappa shape index (κ3) is 1.98. The zero-order valence-corrected chi connectivity index (χ0v) is 13.3. The molecule has 1 aromatic carbocycles. The molecule has 0 spiro atoms. The minimum Gasteiger partial charge on any atom is -0.497 e. The van der Waals surface area contributed by atoms with Gasteiger partial charge in [0.25, 0.3) is 0 Å². The second kappa shape index (κ2) is 5.76. The van der Waals surface area contributed by atoms with Crippen molar-refractivity contribution in [1.29, 1.82) is 15.8 Å². The van der Waals surface area contributed by atoms with Gasteiger partial charge < -0.3 is 10.5 Å². The average molecular weight is 316 g/mol. The van der Waals surface area contributed by atoms with Crippen LogP contribution in [-0.4, -0.2) is 7.11 Å². The van der Waals surface area contributed by atoms with Gasteiger partial charge in [-0.1, -0.05) is 18.2 Å². The molecule has 0 saturated carbocycles. The minimum atomic E-state index is -1.54. The third-order valence-electron chi connectivity index (χ3n) is 5.03. The number of benzene rings is 1. The van der Waals surface area contributed by atoms with Crippen molar-refractivity contribution < 1.29 is 4.74 Å². The molecule has 118 valence electrons. The Bertz CT molecular complexity index is 845. The van der Waals surface area contributed by atoms with Crippen molar-refractivity contribution >= 4 is 0 Å². The molecule has 0 saturated heterocycles. The van der Waals surface area contributed by atoms with Gasteiger partial charge in [-0.2, -0.15) is 15.8 Å². The number of allylic oxidation sites excluding steroid dienone is 4. The van der Waals surface area contributed by atoms with Crippen molar-refractivity contribution in [2.24, 2.45) is 17.1 Å². The Kier molecular flexibility index (Phi) is 3.76. The van der Waals surface area contributed by atoms with Gasteiger partial charge in [0, 0.05) is 5.92 Å². The van der Waals surface area contributed by atoms with Gasteiger partial charge in [-0.3, -0.25) is 0 Å². The maximum Gasteiger partial charge on any atom is 0.191 e. The Morgan fingerprint density at radius 2 is 1.83 bits per heavy atom. The number of nitrogens with two attached hydrogens (primary N) is 1. The van der Waals surface area contributed by atoms with Crippen LogP contribution in [0.3, 0.4) is 0 Å². The first-order valence-corrected chi connectivity index (χ1v) is 7.70. The van der Waals surface area contributed by atoms with Crippen LogP contribution in [0.4, 0.5) is 0 Å². The lowest BCUT2D eigenvalue weighted by Crippen LogP contribution is -2.41. The molecule has 3 rings (SSSR count). The van der Waals surface area contributed by atoms with E-state index in [1.165, 1.54) is 0 Å². The zero-order valence-electron chi connectivity index (χ0n) is 13.3. The van der Waals surface area contributed by atoms with E-state index in [2.05, 4.69) is 18.2 Å². The van der Waals surface area contributed by atoms with Crippen molar-refractivity contribution in [2.45, 2.75) is 18.8 Å². The van der Waals surface area contributed by atoms with Crippen LogP contribution in [0, 0.1) is 45.3 Å². The van der Waals surface area contributed by atoms with Crippen molar-refractivity contribution in [3.05, 3.63) is 52.7 Å². The molecule has 2 aliphatic carbocycles. The minimum absolute atomic E-state index is 0.0559. The molecule has 0 bridgehead atoms. The molecule has 0 heterocycles. The summed E-state index contributed by atoms with van der Waals surface area (Å²) in [4.78, 5) is 0. The van der Waals surface area contributed by atoms with E-state index in [0.717, 1.165) is 24.0 Å². The lowest BCUT2D eigenvalue weighted by molar-refractivity contribution is 0.344. The molecule has 0 aromatic heterocycles. The van der Waals surface area contributed by atoms with E-state index in [4.69, 9.17) is 10.5 Å². The lowest BCUT2D eigenvalue weighted by atomic mass is 9.59. The summed E-state index contributed by atoms with van der Waals surface area (Å²) in [6.07, 6.45) is 3.62. The molecular formula is C19H16N4O. The quantitative estimate of drug-likeness (QED) is 0.902. The van der Waals surface area contributed by atoms with E-state index < -0.39 is 11.3 Å². The van der Waals surface area contributed by atoms with Crippen LogP contribution in [0.5, 0.6) is 5.75 Å². The van der Waals surface area contributed by atoms with Crippen LogP contribution >= 0.6 is 0 Å². The van der Waals surface area contributed by atoms with Gasteiger partial charge in [-0.15, -0.1) is 0 Å². The SMILES string of the molecule is COc1ccc([C@H]2[C@@H]3CCC=C3C(C#N)=C(N)C2(C#N)C#N)cc1. The normalized spacial score (nSPS) is 24.2. The first-order chi connectivity index (χ1) is 11.6. The Hall–Kier alpha value is -3.23. The van der Waals surface area contributed by atoms with Gasteiger partial charge in [0.05, 0.1) is 30.5 Å². The van der Waals surface area contributed by atoms with Gasteiger partial charge >= 0.3 is 0 Å². The molecule has 2 N–H and O–H groups in total. The molecule has 2 aliphatic rings. The second-order valence-corrected chi connectivity index (χ2v) is 6.03. The first kappa shape index (κ1) is 15.7. The zero-order chi connectivity index (χ0) is 17.3. The van der Waals surface area contributed by atoms with Crippen LogP contribution in [0.2, 0.25) is 0 Å². The summed E-state index contributed by atoms with van der Waals surface area (Å²) in [5.74, 6) is 0.251. The fraction of sp³-hybridized carbons (Fsp3) is 0.316. The van der Waals surface area contributed by atoms with E-state index >= 15 is 0 Å². The van der Waals surface area contributed by atoms with Crippen LogP contribution in [0.25, 0.3) is 0 Å². The standard InChI is InChI=1S/C19H16N4O/c1-24-13-7-5-12(6-8-13)17-15-4-2-3-14(15)16(9-20)18(23)19(17,10-21)11-22/h3,5-8,15,17H,2,4,23H2,1H3/t15-,17+/m1/s1. The number of hydrogen-bond donors (Lipinski definition) is 1. The molecule has 24 heavy (non-hydrogen) atoms. The molecule has 0 fully saturated rings. The predicted molar refractivity (Wildman–Crippen MR) is 87.0 cm³/mol. The number of rotatable bonds is 2. The number of nitriles is 3. The Balaban J connectivity index is 2.25. The van der Waals surface area contributed by atoms with Gasteiger partial charge in [-0.05, 0) is 42.0 Å². The monoisotopic (exact) mass is 316 g/mol. The highest BCUT2D eigenvalue weighted by Gasteiger charge is 2.54. The molecule has 0 amide bonds. The molecule has 0 unspecified atom stereocenters. The van der Waals surface area contributed by atoms with E-state index in [1.807, 2.05) is 30.3 Å². The van der Waals surface area contributed by atoms with Gasteiger partial charge in [0.15, 0.2) is 5.41 Å². The molecule has 0 radical (unpaired) electrons. The third-order valence-corrected chi connectivity index (χ3v) is 5.03. The maximum absolute atomic E-state index is 9.84. The first-order valence-electron chi connectivity index (χ1n) is 7.70. The number of methoxy groups -OCH3 is 1. The summed E-state index contributed by atoms with van der Waals surface area (Å²) >= 11 is 0. The Morgan fingerprint density at radius 3 is 2.38 bits per heavy atom. The Labute approximate surface area is 140 Å². The predicted octanol–water partition coefficient (Wildman–Crippen LogP) is 2.90. The largest absolute Gasteiger partial charge is 0.497 e. The summed E-state index contributed by atoms with van der Waals surface area (Å²) in [7, 11) is 1.59. The van der Waals surface area contributed by atoms with Gasteiger partial charge in [0.2, 0.25) is 0 Å². The number of ether oxygens (including phenoxy) is 1. The summed E-state index contributed by atoms with van der Waals surface area (Å²) in [6.45, 7) is 0. The molecule has 1 aromatic rings. The van der Waals surface area contributed by atoms with Crippen LogP contribution in [0.1, 0.15) is 24.3 Å². The highest BCUT2D eigenvalue weighted by molar-refractivity contribution is 5.59. The average Bonchev–Trinajstić information content (AvgIpc) is 3.09. The molecular weight excluding hydrogens is 300 g/mol. The molecule has 5 heteroatoms. The van der Waals surface area contributed by atoms with Crippen molar-refractivity contribution in [3.8, 4) is 24.0 Å². The highest BCUT2D eigenvalue weighted by Crippen LogP contribution is 2.56. The van der Waals surface area contributed by atoms with E-state index in [1.54, 1.807) is 7.11 Å². The number of nitrogens with zero attached hydrogens (tertiary/aromatic N) is 3. The van der Waals surface area contributed by atoms with E-state index in [9.17, 15) is 15.8 Å². The van der Waals surface area contributed by atoms with Crippen LogP contribution in [0.15, 0.2) is 47.2 Å². The topological polar surface area (TPSA) is 107 Å². The van der Waals surface area contributed by atoms with Crippen molar-refractivity contribution in [3.63, 3.8) is 0 Å². The van der Waals surface area contributed by atoms with E-state index in [0.29, 0.717) is 11.3 Å². The van der Waals surface area contributed by atoms with Crippen LogP contribution in [-0.2, 0) is 0 Å². The summed E-state index contributed by atoms with van der Waals surface area (Å²) in [5, 5.41) is 29.2. The smallest absolute Gasteiger partial charge is 0.191 e. The fourth-order valence-electron chi connectivity index (χ4n) is 3.88. The Morgan fingerprint density at radius 1 is 1.17 bits per heavy atom. The molecule has 5 nitrogen and oxygen atoms in total. The van der Waals surface area contributed by atoms with Crippen molar-refractivity contribution in [1.82, 2.24) is 0 Å². The number of hydrogen-bond acceptors (Lipinski definition) is 5. The number of fused-ring (bicyclic) bond motifs is 1. The second-order valence-electron chi connectivity index (χ2n) is 6.03. The van der Waals surface area contributed by atoms with Crippen LogP contribution < -0.4 is 10.5 Å². The maximum atomic E-state index is 9.84. The molecule has 0 aliphatic heterocycles. The molecule has 2 atom stereocenters. The van der Waals surface area contributed by atoms with E-state index in [-0.39, 0.29) is 11.6 Å². The summed E-state index contributed by atoms with van der Waals surface area (Å²) in [5.41, 5.74) is 6.74. The highest BCUT2D eigenvalue weighted by atomic mass is 16.5. The van der Waals surface area contributed by atoms with Gasteiger partial charge in [0.1, 0.15) is 11.8 Å². The summed E-state index contributed by atoms with van der Waals surface area (Å²) < 4.78 is 5.18. The summed E-state index contributed by atoms with van der Waals surface area (Å²) in [6, 6.07) is 13.7.